The molecule has 0 bridgehead atoms. The largest absolute Gasteiger partial charge is 0.497 e. The normalized spacial score (nSPS) is 22.1. The quantitative estimate of drug-likeness (QED) is 0.787. The molecule has 0 spiro atoms. The highest BCUT2D eigenvalue weighted by molar-refractivity contribution is 5.99. The molecule has 1 amide bonds. The van der Waals surface area contributed by atoms with Gasteiger partial charge >= 0.3 is 6.18 Å². The number of benzene rings is 1. The average molecular weight is 422 g/mol. The Balaban J connectivity index is 1.70. The molecule has 0 radical (unpaired) electrons. The Hall–Kier alpha value is -2.71. The maximum absolute atomic E-state index is 13.9. The number of rotatable bonds is 3. The van der Waals surface area contributed by atoms with E-state index in [-0.39, 0.29) is 23.7 Å². The molecule has 2 aliphatic rings. The van der Waals surface area contributed by atoms with Crippen molar-refractivity contribution in [2.75, 3.05) is 25.5 Å². The minimum absolute atomic E-state index is 0.130. The maximum Gasteiger partial charge on any atom is 0.410 e. The predicted octanol–water partition coefficient (Wildman–Crippen LogP) is 4.57. The second-order valence-electron chi connectivity index (χ2n) is 7.82. The van der Waals surface area contributed by atoms with E-state index in [2.05, 4.69) is 10.4 Å². The number of hydrogen-bond donors (Lipinski definition) is 1. The molecule has 162 valence electrons. The molecule has 2 atom stereocenters. The molecule has 1 N–H and O–H groups in total. The highest BCUT2D eigenvalue weighted by Crippen LogP contribution is 2.44. The lowest BCUT2D eigenvalue weighted by atomic mass is 9.96. The standard InChI is InChI=1S/C21H25F3N4O2/c1-30-15-8-6-7-14(11-15)17-12-18(21(22,23)24)28-19(26-17)16(13-25-28)20(29)27-9-4-2-3-5-10-27/h6-8,11,13,17-18,26H,2-5,9-10,12H2,1H3/t17-,18+/m1/s1. The van der Waals surface area contributed by atoms with Crippen LogP contribution in [0.3, 0.4) is 0 Å². The van der Waals surface area contributed by atoms with Gasteiger partial charge in [0.05, 0.1) is 19.3 Å². The smallest absolute Gasteiger partial charge is 0.410 e. The van der Waals surface area contributed by atoms with Crippen LogP contribution in [0.2, 0.25) is 0 Å². The van der Waals surface area contributed by atoms with Crippen molar-refractivity contribution in [3.8, 4) is 5.75 Å². The summed E-state index contributed by atoms with van der Waals surface area (Å²) in [5.41, 5.74) is 0.864. The van der Waals surface area contributed by atoms with Gasteiger partial charge in [-0.2, -0.15) is 18.3 Å². The molecule has 2 aliphatic heterocycles. The van der Waals surface area contributed by atoms with E-state index in [9.17, 15) is 18.0 Å². The van der Waals surface area contributed by atoms with Crippen LogP contribution in [0.5, 0.6) is 5.75 Å². The first-order valence-electron chi connectivity index (χ1n) is 10.2. The number of nitrogens with one attached hydrogen (secondary N) is 1. The van der Waals surface area contributed by atoms with E-state index in [1.165, 1.54) is 13.3 Å². The zero-order valence-corrected chi connectivity index (χ0v) is 16.8. The minimum atomic E-state index is -4.48. The van der Waals surface area contributed by atoms with Crippen molar-refractivity contribution in [1.82, 2.24) is 14.7 Å². The van der Waals surface area contributed by atoms with E-state index in [1.807, 2.05) is 0 Å². The Bertz CT molecular complexity index is 904. The SMILES string of the molecule is COc1cccc([C@H]2C[C@@H](C(F)(F)F)n3ncc(C(=O)N4CCCCCC4)c3N2)c1. The Morgan fingerprint density at radius 1 is 1.20 bits per heavy atom. The number of anilines is 1. The van der Waals surface area contributed by atoms with Crippen LogP contribution in [0, 0.1) is 0 Å². The van der Waals surface area contributed by atoms with Gasteiger partial charge in [-0.25, -0.2) is 4.68 Å². The third kappa shape index (κ3) is 3.97. The van der Waals surface area contributed by atoms with Gasteiger partial charge < -0.3 is 15.0 Å². The number of carbonyl (C=O) groups is 1. The summed E-state index contributed by atoms with van der Waals surface area (Å²) in [6, 6.07) is 4.53. The number of likely N-dealkylation sites (tertiary alicyclic amines) is 1. The van der Waals surface area contributed by atoms with Crippen molar-refractivity contribution in [3.05, 3.63) is 41.6 Å². The lowest BCUT2D eigenvalue weighted by molar-refractivity contribution is -0.173. The average Bonchev–Trinajstić information content (AvgIpc) is 2.97. The monoisotopic (exact) mass is 422 g/mol. The molecular formula is C21H25F3N4O2. The topological polar surface area (TPSA) is 59.4 Å². The Kier molecular flexibility index (Phi) is 5.62. The van der Waals surface area contributed by atoms with Crippen molar-refractivity contribution in [2.24, 2.45) is 0 Å². The fourth-order valence-electron chi connectivity index (χ4n) is 4.24. The summed E-state index contributed by atoms with van der Waals surface area (Å²) in [6.07, 6.45) is 0.485. The molecule has 0 saturated carbocycles. The molecular weight excluding hydrogens is 397 g/mol. The van der Waals surface area contributed by atoms with Crippen molar-refractivity contribution < 1.29 is 22.7 Å². The number of ether oxygens (including phenoxy) is 1. The van der Waals surface area contributed by atoms with Gasteiger partial charge in [0.1, 0.15) is 17.1 Å². The van der Waals surface area contributed by atoms with E-state index in [0.717, 1.165) is 30.4 Å². The van der Waals surface area contributed by atoms with Crippen molar-refractivity contribution in [3.63, 3.8) is 0 Å². The lowest BCUT2D eigenvalue weighted by Gasteiger charge is -2.34. The number of hydrogen-bond acceptors (Lipinski definition) is 4. The fraction of sp³-hybridized carbons (Fsp3) is 0.524. The van der Waals surface area contributed by atoms with E-state index in [4.69, 9.17) is 4.74 Å². The summed E-state index contributed by atoms with van der Waals surface area (Å²) < 4.78 is 47.7. The Morgan fingerprint density at radius 2 is 1.93 bits per heavy atom. The zero-order chi connectivity index (χ0) is 21.3. The summed E-state index contributed by atoms with van der Waals surface area (Å²) in [4.78, 5) is 14.8. The van der Waals surface area contributed by atoms with Crippen LogP contribution in [0.4, 0.5) is 19.0 Å². The lowest BCUT2D eigenvalue weighted by Crippen LogP contribution is -2.37. The number of amides is 1. The van der Waals surface area contributed by atoms with Crippen molar-refractivity contribution >= 4 is 11.7 Å². The minimum Gasteiger partial charge on any atom is -0.497 e. The second-order valence-corrected chi connectivity index (χ2v) is 7.82. The molecule has 6 nitrogen and oxygen atoms in total. The van der Waals surface area contributed by atoms with E-state index in [1.54, 1.807) is 29.2 Å². The van der Waals surface area contributed by atoms with Crippen molar-refractivity contribution in [1.29, 1.82) is 0 Å². The highest BCUT2D eigenvalue weighted by atomic mass is 19.4. The fourth-order valence-corrected chi connectivity index (χ4v) is 4.24. The molecule has 1 fully saturated rings. The van der Waals surface area contributed by atoms with Gasteiger partial charge in [-0.3, -0.25) is 4.79 Å². The van der Waals surface area contributed by atoms with Gasteiger partial charge in [0.2, 0.25) is 0 Å². The van der Waals surface area contributed by atoms with E-state index < -0.39 is 18.3 Å². The number of carbonyl (C=O) groups excluding carboxylic acids is 1. The first kappa shape index (κ1) is 20.6. The Morgan fingerprint density at radius 3 is 2.60 bits per heavy atom. The predicted molar refractivity (Wildman–Crippen MR) is 106 cm³/mol. The number of fused-ring (bicyclic) bond motifs is 1. The van der Waals surface area contributed by atoms with Crippen molar-refractivity contribution in [2.45, 2.75) is 50.4 Å². The van der Waals surface area contributed by atoms with Crippen LogP contribution >= 0.6 is 0 Å². The maximum atomic E-state index is 13.9. The number of methoxy groups -OCH3 is 1. The molecule has 9 heteroatoms. The third-order valence-corrected chi connectivity index (χ3v) is 5.86. The van der Waals surface area contributed by atoms with Crippen LogP contribution in [0.1, 0.15) is 60.1 Å². The highest BCUT2D eigenvalue weighted by Gasteiger charge is 2.47. The molecule has 1 aromatic heterocycles. The summed E-state index contributed by atoms with van der Waals surface area (Å²) in [5, 5.41) is 7.12. The van der Waals surface area contributed by atoms with Gasteiger partial charge in [-0.05, 0) is 30.5 Å². The number of halogens is 3. The van der Waals surface area contributed by atoms with Crippen LogP contribution in [0.25, 0.3) is 0 Å². The zero-order valence-electron chi connectivity index (χ0n) is 16.8. The number of alkyl halides is 3. The Labute approximate surface area is 173 Å². The molecule has 2 aromatic rings. The van der Waals surface area contributed by atoms with E-state index >= 15 is 0 Å². The van der Waals surface area contributed by atoms with Crippen LogP contribution in [0.15, 0.2) is 30.5 Å². The van der Waals surface area contributed by atoms with Gasteiger partial charge in [-0.15, -0.1) is 0 Å². The first-order chi connectivity index (χ1) is 14.4. The third-order valence-electron chi connectivity index (χ3n) is 5.86. The molecule has 0 aliphatic carbocycles. The molecule has 1 saturated heterocycles. The number of aromatic nitrogens is 2. The summed E-state index contributed by atoms with van der Waals surface area (Å²) in [7, 11) is 1.51. The van der Waals surface area contributed by atoms with Gasteiger partial charge in [-0.1, -0.05) is 25.0 Å². The number of nitrogens with zero attached hydrogens (tertiary/aromatic N) is 3. The molecule has 0 unspecified atom stereocenters. The van der Waals surface area contributed by atoms with Gasteiger partial charge in [0, 0.05) is 19.5 Å². The first-order valence-corrected chi connectivity index (χ1v) is 10.2. The van der Waals surface area contributed by atoms with Crippen LogP contribution in [-0.2, 0) is 0 Å². The molecule has 1 aromatic carbocycles. The summed E-state index contributed by atoms with van der Waals surface area (Å²) >= 11 is 0. The molecule has 3 heterocycles. The summed E-state index contributed by atoms with van der Waals surface area (Å²) in [5.74, 6) is 0.432. The van der Waals surface area contributed by atoms with E-state index in [0.29, 0.717) is 24.4 Å². The summed E-state index contributed by atoms with van der Waals surface area (Å²) in [6.45, 7) is 1.23. The van der Waals surface area contributed by atoms with Gasteiger partial charge in [0.25, 0.3) is 5.91 Å². The molecule has 4 rings (SSSR count). The molecule has 30 heavy (non-hydrogen) atoms. The van der Waals surface area contributed by atoms with Crippen LogP contribution in [-0.4, -0.2) is 47.0 Å². The second kappa shape index (κ2) is 8.20. The van der Waals surface area contributed by atoms with Gasteiger partial charge in [0.15, 0.2) is 6.04 Å². The van der Waals surface area contributed by atoms with Crippen LogP contribution < -0.4 is 10.1 Å².